The van der Waals surface area contributed by atoms with Gasteiger partial charge in [-0.25, -0.2) is 0 Å². The molecule has 2 N–H and O–H groups in total. The molecule has 0 saturated heterocycles. The van der Waals surface area contributed by atoms with Crippen LogP contribution in [-0.2, 0) is 0 Å². The quantitative estimate of drug-likeness (QED) is 0.795. The summed E-state index contributed by atoms with van der Waals surface area (Å²) in [6.07, 6.45) is 3.39. The van der Waals surface area contributed by atoms with Gasteiger partial charge in [0.15, 0.2) is 0 Å². The van der Waals surface area contributed by atoms with Crippen LogP contribution in [0.15, 0.2) is 24.3 Å². The lowest BCUT2D eigenvalue weighted by Crippen LogP contribution is -2.14. The molecule has 2 nitrogen and oxygen atoms in total. The highest BCUT2D eigenvalue weighted by Crippen LogP contribution is 2.20. The number of rotatable bonds is 6. The standard InChI is InChI=1S/C14H23NO/c1-4-12(5-2)16-13-9-7-11(8-10-13)14(15)6-3/h7-10,12,14H,4-6,15H2,1-3H3. The van der Waals surface area contributed by atoms with E-state index in [9.17, 15) is 0 Å². The summed E-state index contributed by atoms with van der Waals surface area (Å²) >= 11 is 0. The molecule has 0 fully saturated rings. The maximum atomic E-state index is 5.96. The molecular formula is C14H23NO. The average Bonchev–Trinajstić information content (AvgIpc) is 2.35. The molecule has 1 rings (SSSR count). The van der Waals surface area contributed by atoms with Crippen LogP contribution in [0.2, 0.25) is 0 Å². The zero-order valence-electron chi connectivity index (χ0n) is 10.6. The monoisotopic (exact) mass is 221 g/mol. The van der Waals surface area contributed by atoms with Crippen molar-refractivity contribution in [3.8, 4) is 5.75 Å². The second kappa shape index (κ2) is 6.54. The first-order valence-electron chi connectivity index (χ1n) is 6.23. The smallest absolute Gasteiger partial charge is 0.119 e. The van der Waals surface area contributed by atoms with Crippen molar-refractivity contribution in [3.05, 3.63) is 29.8 Å². The summed E-state index contributed by atoms with van der Waals surface area (Å²) in [5.74, 6) is 0.945. The highest BCUT2D eigenvalue weighted by Gasteiger charge is 2.06. The van der Waals surface area contributed by atoms with Gasteiger partial charge >= 0.3 is 0 Å². The Hall–Kier alpha value is -1.02. The predicted molar refractivity (Wildman–Crippen MR) is 68.7 cm³/mol. The molecule has 90 valence electrons. The Morgan fingerprint density at radius 3 is 2.00 bits per heavy atom. The van der Waals surface area contributed by atoms with Crippen molar-refractivity contribution >= 4 is 0 Å². The maximum absolute atomic E-state index is 5.96. The van der Waals surface area contributed by atoms with Gasteiger partial charge in [-0.05, 0) is 37.0 Å². The summed E-state index contributed by atoms with van der Waals surface area (Å²) < 4.78 is 5.84. The Morgan fingerprint density at radius 1 is 1.00 bits per heavy atom. The summed E-state index contributed by atoms with van der Waals surface area (Å²) in [6, 6.07) is 8.30. The first-order valence-corrected chi connectivity index (χ1v) is 6.23. The van der Waals surface area contributed by atoms with Crippen LogP contribution in [-0.4, -0.2) is 6.10 Å². The molecule has 16 heavy (non-hydrogen) atoms. The van der Waals surface area contributed by atoms with Gasteiger partial charge in [0.1, 0.15) is 5.75 Å². The van der Waals surface area contributed by atoms with Crippen LogP contribution in [0.4, 0.5) is 0 Å². The van der Waals surface area contributed by atoms with Crippen LogP contribution in [0.1, 0.15) is 51.6 Å². The molecule has 1 unspecified atom stereocenters. The first-order chi connectivity index (χ1) is 7.71. The molecule has 0 amide bonds. The van der Waals surface area contributed by atoms with E-state index in [-0.39, 0.29) is 6.04 Å². The molecule has 0 aromatic heterocycles. The number of benzene rings is 1. The van der Waals surface area contributed by atoms with Crippen LogP contribution >= 0.6 is 0 Å². The van der Waals surface area contributed by atoms with E-state index in [2.05, 4.69) is 32.9 Å². The van der Waals surface area contributed by atoms with Crippen LogP contribution < -0.4 is 10.5 Å². The molecule has 0 aliphatic rings. The molecule has 1 atom stereocenters. The second-order valence-corrected chi connectivity index (χ2v) is 4.14. The maximum Gasteiger partial charge on any atom is 0.119 e. The fourth-order valence-electron chi connectivity index (χ4n) is 1.68. The van der Waals surface area contributed by atoms with E-state index in [0.29, 0.717) is 6.10 Å². The molecule has 0 radical (unpaired) electrons. The second-order valence-electron chi connectivity index (χ2n) is 4.14. The molecule has 0 heterocycles. The Bertz CT molecular complexity index is 290. The SMILES string of the molecule is CCC(CC)Oc1ccc(C(N)CC)cc1. The van der Waals surface area contributed by atoms with Gasteiger partial charge in [0, 0.05) is 6.04 Å². The topological polar surface area (TPSA) is 35.2 Å². The molecule has 0 saturated carbocycles. The van der Waals surface area contributed by atoms with Crippen molar-refractivity contribution in [2.75, 3.05) is 0 Å². The van der Waals surface area contributed by atoms with E-state index < -0.39 is 0 Å². The van der Waals surface area contributed by atoms with Crippen molar-refractivity contribution in [1.82, 2.24) is 0 Å². The Morgan fingerprint density at radius 2 is 1.56 bits per heavy atom. The summed E-state index contributed by atoms with van der Waals surface area (Å²) in [5, 5.41) is 0. The van der Waals surface area contributed by atoms with Gasteiger partial charge in [-0.3, -0.25) is 0 Å². The third-order valence-corrected chi connectivity index (χ3v) is 2.96. The van der Waals surface area contributed by atoms with Gasteiger partial charge in [-0.2, -0.15) is 0 Å². The summed E-state index contributed by atoms with van der Waals surface area (Å²) in [5.41, 5.74) is 7.14. The van der Waals surface area contributed by atoms with E-state index >= 15 is 0 Å². The Labute approximate surface area is 98.8 Å². The van der Waals surface area contributed by atoms with Crippen molar-refractivity contribution in [3.63, 3.8) is 0 Å². The van der Waals surface area contributed by atoms with Gasteiger partial charge in [0.05, 0.1) is 6.10 Å². The highest BCUT2D eigenvalue weighted by atomic mass is 16.5. The molecule has 0 bridgehead atoms. The first kappa shape index (κ1) is 13.0. The Kier molecular flexibility index (Phi) is 5.33. The fourth-order valence-corrected chi connectivity index (χ4v) is 1.68. The van der Waals surface area contributed by atoms with Crippen LogP contribution in [0.3, 0.4) is 0 Å². The van der Waals surface area contributed by atoms with Gasteiger partial charge < -0.3 is 10.5 Å². The van der Waals surface area contributed by atoms with Crippen molar-refractivity contribution in [2.45, 2.75) is 52.2 Å². The Balaban J connectivity index is 2.64. The van der Waals surface area contributed by atoms with E-state index in [1.165, 1.54) is 5.56 Å². The summed E-state index contributed by atoms with van der Waals surface area (Å²) in [4.78, 5) is 0. The van der Waals surface area contributed by atoms with E-state index in [1.807, 2.05) is 12.1 Å². The predicted octanol–water partition coefficient (Wildman–Crippen LogP) is 3.66. The lowest BCUT2D eigenvalue weighted by Gasteiger charge is -2.16. The van der Waals surface area contributed by atoms with E-state index in [4.69, 9.17) is 10.5 Å². The molecule has 2 heteroatoms. The third-order valence-electron chi connectivity index (χ3n) is 2.96. The van der Waals surface area contributed by atoms with E-state index in [1.54, 1.807) is 0 Å². The van der Waals surface area contributed by atoms with Gasteiger partial charge in [-0.15, -0.1) is 0 Å². The zero-order valence-corrected chi connectivity index (χ0v) is 10.6. The molecule has 1 aromatic rings. The van der Waals surface area contributed by atoms with Gasteiger partial charge in [0.2, 0.25) is 0 Å². The van der Waals surface area contributed by atoms with Gasteiger partial charge in [0.25, 0.3) is 0 Å². The minimum Gasteiger partial charge on any atom is -0.490 e. The molecular weight excluding hydrogens is 198 g/mol. The molecule has 0 aliphatic carbocycles. The lowest BCUT2D eigenvalue weighted by molar-refractivity contribution is 0.193. The largest absolute Gasteiger partial charge is 0.490 e. The number of ether oxygens (including phenoxy) is 1. The minimum absolute atomic E-state index is 0.141. The molecule has 0 spiro atoms. The number of nitrogens with two attached hydrogens (primary N) is 1. The third kappa shape index (κ3) is 3.53. The minimum atomic E-state index is 0.141. The molecule has 0 aliphatic heterocycles. The fraction of sp³-hybridized carbons (Fsp3) is 0.571. The van der Waals surface area contributed by atoms with Gasteiger partial charge in [-0.1, -0.05) is 32.9 Å². The van der Waals surface area contributed by atoms with Crippen molar-refractivity contribution < 1.29 is 4.74 Å². The normalized spacial score (nSPS) is 12.8. The van der Waals surface area contributed by atoms with Crippen LogP contribution in [0, 0.1) is 0 Å². The number of hydrogen-bond acceptors (Lipinski definition) is 2. The lowest BCUT2D eigenvalue weighted by atomic mass is 10.1. The number of hydrogen-bond donors (Lipinski definition) is 1. The van der Waals surface area contributed by atoms with Crippen LogP contribution in [0.5, 0.6) is 5.75 Å². The van der Waals surface area contributed by atoms with Crippen molar-refractivity contribution in [1.29, 1.82) is 0 Å². The highest BCUT2D eigenvalue weighted by molar-refractivity contribution is 5.29. The van der Waals surface area contributed by atoms with Crippen LogP contribution in [0.25, 0.3) is 0 Å². The molecule has 1 aromatic carbocycles. The van der Waals surface area contributed by atoms with E-state index in [0.717, 1.165) is 25.0 Å². The zero-order chi connectivity index (χ0) is 12.0. The average molecular weight is 221 g/mol. The summed E-state index contributed by atoms with van der Waals surface area (Å²) in [6.45, 7) is 6.39. The summed E-state index contributed by atoms with van der Waals surface area (Å²) in [7, 11) is 0. The van der Waals surface area contributed by atoms with Crippen molar-refractivity contribution in [2.24, 2.45) is 5.73 Å².